The zero-order valence-electron chi connectivity index (χ0n) is 21.7. The first-order chi connectivity index (χ1) is 19.9. The quantitative estimate of drug-likeness (QED) is 0.202. The number of benzene rings is 4. The second kappa shape index (κ2) is 10.9. The largest absolute Gasteiger partial charge is 0.255 e. The number of aromatic nitrogens is 1. The summed E-state index contributed by atoms with van der Waals surface area (Å²) in [5.74, 6) is 0. The van der Waals surface area contributed by atoms with Gasteiger partial charge in [0.25, 0.3) is 0 Å². The van der Waals surface area contributed by atoms with Crippen LogP contribution in [-0.2, 0) is 0 Å². The standard InChI is InChI=1S/C37H25NS2/c1-5-13-26(14-6-1)31-24-39-36(34(31)28-17-9-3-10-18-28)30-21-22-33(38-23-30)37-35(29-19-11-4-12-20-29)32(25-40-37)27-15-7-2-8-16-27/h1-25H. The Morgan fingerprint density at radius 3 is 1.25 bits per heavy atom. The van der Waals surface area contributed by atoms with E-state index >= 15 is 0 Å². The van der Waals surface area contributed by atoms with Crippen LogP contribution in [0.5, 0.6) is 0 Å². The normalized spacial score (nSPS) is 11.0. The average molecular weight is 548 g/mol. The lowest BCUT2D eigenvalue weighted by Gasteiger charge is -2.11. The Labute approximate surface area is 242 Å². The Morgan fingerprint density at radius 1 is 0.375 bits per heavy atom. The molecule has 0 N–H and O–H groups in total. The molecule has 7 rings (SSSR count). The number of rotatable bonds is 6. The maximum Gasteiger partial charge on any atom is 0.0808 e. The maximum absolute atomic E-state index is 5.05. The molecule has 0 atom stereocenters. The molecule has 3 aromatic heterocycles. The lowest BCUT2D eigenvalue weighted by atomic mass is 9.94. The van der Waals surface area contributed by atoms with Crippen molar-refractivity contribution in [3.05, 3.63) is 150 Å². The molecule has 0 bridgehead atoms. The summed E-state index contributed by atoms with van der Waals surface area (Å²) in [6, 6.07) is 47.0. The highest BCUT2D eigenvalue weighted by atomic mass is 32.1. The van der Waals surface area contributed by atoms with Crippen LogP contribution >= 0.6 is 22.7 Å². The molecule has 0 unspecified atom stereocenters. The zero-order valence-corrected chi connectivity index (χ0v) is 23.3. The van der Waals surface area contributed by atoms with E-state index in [0.29, 0.717) is 0 Å². The van der Waals surface area contributed by atoms with Crippen LogP contribution in [0.2, 0.25) is 0 Å². The molecule has 3 heteroatoms. The highest BCUT2D eigenvalue weighted by Crippen LogP contribution is 2.47. The van der Waals surface area contributed by atoms with E-state index in [4.69, 9.17) is 4.98 Å². The smallest absolute Gasteiger partial charge is 0.0808 e. The number of thiophene rings is 2. The number of pyridine rings is 1. The molecular formula is C37H25NS2. The van der Waals surface area contributed by atoms with E-state index in [-0.39, 0.29) is 0 Å². The van der Waals surface area contributed by atoms with Crippen molar-refractivity contribution in [2.45, 2.75) is 0 Å². The van der Waals surface area contributed by atoms with E-state index in [2.05, 4.69) is 144 Å². The SMILES string of the molecule is c1ccc(-c2csc(-c3ccc(-c4scc(-c5ccccc5)c4-c4ccccc4)nc3)c2-c2ccccc2)cc1. The van der Waals surface area contributed by atoms with Crippen LogP contribution in [0.4, 0.5) is 0 Å². The highest BCUT2D eigenvalue weighted by molar-refractivity contribution is 7.15. The predicted molar refractivity (Wildman–Crippen MR) is 173 cm³/mol. The van der Waals surface area contributed by atoms with Gasteiger partial charge >= 0.3 is 0 Å². The average Bonchev–Trinajstić information content (AvgIpc) is 3.69. The fraction of sp³-hybridized carbons (Fsp3) is 0. The minimum Gasteiger partial charge on any atom is -0.255 e. The van der Waals surface area contributed by atoms with Gasteiger partial charge in [-0.15, -0.1) is 22.7 Å². The molecule has 0 amide bonds. The Hall–Kier alpha value is -4.57. The molecular weight excluding hydrogens is 523 g/mol. The van der Waals surface area contributed by atoms with E-state index in [1.54, 1.807) is 22.7 Å². The molecule has 3 heterocycles. The summed E-state index contributed by atoms with van der Waals surface area (Å²) >= 11 is 3.55. The van der Waals surface area contributed by atoms with Crippen LogP contribution in [0.3, 0.4) is 0 Å². The minimum atomic E-state index is 0.996. The predicted octanol–water partition coefficient (Wildman–Crippen LogP) is 11.2. The van der Waals surface area contributed by atoms with Gasteiger partial charge < -0.3 is 0 Å². The first-order valence-electron chi connectivity index (χ1n) is 13.3. The summed E-state index contributed by atoms with van der Waals surface area (Å²) in [5.41, 5.74) is 12.0. The van der Waals surface area contributed by atoms with Crippen LogP contribution in [0, 0.1) is 0 Å². The van der Waals surface area contributed by atoms with Gasteiger partial charge in [0.05, 0.1) is 10.6 Å². The van der Waals surface area contributed by atoms with Crippen molar-refractivity contribution in [2.24, 2.45) is 0 Å². The van der Waals surface area contributed by atoms with Crippen molar-refractivity contribution in [1.29, 1.82) is 0 Å². The lowest BCUT2D eigenvalue weighted by molar-refractivity contribution is 1.34. The fourth-order valence-electron chi connectivity index (χ4n) is 5.22. The van der Waals surface area contributed by atoms with E-state index in [0.717, 1.165) is 11.3 Å². The zero-order chi connectivity index (χ0) is 26.7. The summed E-state index contributed by atoms with van der Waals surface area (Å²) in [6.45, 7) is 0. The summed E-state index contributed by atoms with van der Waals surface area (Å²) in [4.78, 5) is 7.48. The van der Waals surface area contributed by atoms with Gasteiger partial charge in [0.1, 0.15) is 0 Å². The molecule has 0 saturated carbocycles. The fourth-order valence-corrected chi connectivity index (χ4v) is 7.39. The minimum absolute atomic E-state index is 0.996. The summed E-state index contributed by atoms with van der Waals surface area (Å²) in [5, 5.41) is 4.54. The molecule has 1 nitrogen and oxygen atoms in total. The summed E-state index contributed by atoms with van der Waals surface area (Å²) in [7, 11) is 0. The van der Waals surface area contributed by atoms with E-state index in [1.807, 2.05) is 6.20 Å². The van der Waals surface area contributed by atoms with Gasteiger partial charge in [-0.2, -0.15) is 0 Å². The molecule has 0 fully saturated rings. The number of nitrogens with zero attached hydrogens (tertiary/aromatic N) is 1. The van der Waals surface area contributed by atoms with Crippen molar-refractivity contribution in [1.82, 2.24) is 4.98 Å². The molecule has 190 valence electrons. The van der Waals surface area contributed by atoms with Gasteiger partial charge in [-0.3, -0.25) is 4.98 Å². The third kappa shape index (κ3) is 4.60. The Bertz CT molecular complexity index is 1710. The van der Waals surface area contributed by atoms with Crippen molar-refractivity contribution < 1.29 is 0 Å². The third-order valence-corrected chi connectivity index (χ3v) is 9.17. The summed E-state index contributed by atoms with van der Waals surface area (Å²) in [6.07, 6.45) is 2.04. The van der Waals surface area contributed by atoms with Crippen molar-refractivity contribution in [3.8, 4) is 65.5 Å². The van der Waals surface area contributed by atoms with Gasteiger partial charge in [-0.1, -0.05) is 121 Å². The summed E-state index contributed by atoms with van der Waals surface area (Å²) < 4.78 is 0. The Balaban J connectivity index is 1.33. The van der Waals surface area contributed by atoms with Crippen LogP contribution in [-0.4, -0.2) is 4.98 Å². The van der Waals surface area contributed by atoms with Gasteiger partial charge in [0.15, 0.2) is 0 Å². The van der Waals surface area contributed by atoms with E-state index < -0.39 is 0 Å². The molecule has 0 aliphatic rings. The molecule has 0 aliphatic carbocycles. The van der Waals surface area contributed by atoms with Gasteiger partial charge in [0, 0.05) is 38.9 Å². The topological polar surface area (TPSA) is 12.9 Å². The monoisotopic (exact) mass is 547 g/mol. The van der Waals surface area contributed by atoms with Crippen LogP contribution in [0.15, 0.2) is 150 Å². The molecule has 0 spiro atoms. The third-order valence-electron chi connectivity index (χ3n) is 7.13. The van der Waals surface area contributed by atoms with Gasteiger partial charge in [-0.05, 0) is 45.1 Å². The first kappa shape index (κ1) is 24.5. The Kier molecular flexibility index (Phi) is 6.66. The molecule has 4 aromatic carbocycles. The maximum atomic E-state index is 5.05. The molecule has 0 radical (unpaired) electrons. The highest BCUT2D eigenvalue weighted by Gasteiger charge is 2.20. The second-order valence-electron chi connectivity index (χ2n) is 9.60. The lowest BCUT2D eigenvalue weighted by Crippen LogP contribution is -1.88. The second-order valence-corrected chi connectivity index (χ2v) is 11.4. The van der Waals surface area contributed by atoms with Crippen molar-refractivity contribution >= 4 is 22.7 Å². The first-order valence-corrected chi connectivity index (χ1v) is 15.0. The van der Waals surface area contributed by atoms with Gasteiger partial charge in [0.2, 0.25) is 0 Å². The van der Waals surface area contributed by atoms with Crippen LogP contribution < -0.4 is 0 Å². The molecule has 40 heavy (non-hydrogen) atoms. The van der Waals surface area contributed by atoms with Crippen molar-refractivity contribution in [2.75, 3.05) is 0 Å². The van der Waals surface area contributed by atoms with Gasteiger partial charge in [-0.25, -0.2) is 0 Å². The van der Waals surface area contributed by atoms with Crippen LogP contribution in [0.25, 0.3) is 65.5 Å². The van der Waals surface area contributed by atoms with Crippen LogP contribution in [0.1, 0.15) is 0 Å². The molecule has 7 aromatic rings. The Morgan fingerprint density at radius 2 is 0.800 bits per heavy atom. The molecule has 0 saturated heterocycles. The number of hydrogen-bond acceptors (Lipinski definition) is 3. The van der Waals surface area contributed by atoms with Crippen molar-refractivity contribution in [3.63, 3.8) is 0 Å². The molecule has 0 aliphatic heterocycles. The van der Waals surface area contributed by atoms with E-state index in [9.17, 15) is 0 Å². The van der Waals surface area contributed by atoms with E-state index in [1.165, 1.54) is 54.3 Å². The number of hydrogen-bond donors (Lipinski definition) is 0.